The van der Waals surface area contributed by atoms with Crippen LogP contribution in [0.3, 0.4) is 0 Å². The number of ether oxygens (including phenoxy) is 2. The zero-order chi connectivity index (χ0) is 16.1. The topological polar surface area (TPSA) is 47.6 Å². The predicted octanol–water partition coefficient (Wildman–Crippen LogP) is 3.65. The summed E-state index contributed by atoms with van der Waals surface area (Å²) in [7, 11) is 1.60. The first-order valence-corrected chi connectivity index (χ1v) is 8.18. The molecular formula is C18H27NO3. The maximum atomic E-state index is 12.5. The van der Waals surface area contributed by atoms with Crippen molar-refractivity contribution in [3.8, 4) is 11.5 Å². The highest BCUT2D eigenvalue weighted by Gasteiger charge is 2.28. The van der Waals surface area contributed by atoms with Crippen LogP contribution in [-0.2, 0) is 0 Å². The molecule has 1 aliphatic rings. The molecular weight excluding hydrogens is 278 g/mol. The monoisotopic (exact) mass is 305 g/mol. The molecule has 0 heterocycles. The number of carbonyl (C=O) groups excluding carboxylic acids is 1. The van der Waals surface area contributed by atoms with E-state index in [0.29, 0.717) is 35.5 Å². The summed E-state index contributed by atoms with van der Waals surface area (Å²) in [5.41, 5.74) is 0.620. The van der Waals surface area contributed by atoms with Crippen LogP contribution >= 0.6 is 0 Å². The van der Waals surface area contributed by atoms with Gasteiger partial charge in [-0.05, 0) is 43.4 Å². The van der Waals surface area contributed by atoms with Crippen LogP contribution < -0.4 is 14.8 Å². The highest BCUT2D eigenvalue weighted by molar-refractivity contribution is 5.95. The van der Waals surface area contributed by atoms with Crippen molar-refractivity contribution < 1.29 is 14.3 Å². The molecule has 0 aliphatic heterocycles. The van der Waals surface area contributed by atoms with E-state index in [1.807, 2.05) is 6.92 Å². The Morgan fingerprint density at radius 2 is 2.05 bits per heavy atom. The van der Waals surface area contributed by atoms with Gasteiger partial charge in [0.25, 0.3) is 5.91 Å². The fourth-order valence-corrected chi connectivity index (χ4v) is 3.12. The molecule has 3 atom stereocenters. The normalized spacial score (nSPS) is 24.6. The second-order valence-electron chi connectivity index (χ2n) is 6.15. The first-order valence-electron chi connectivity index (χ1n) is 8.18. The zero-order valence-electron chi connectivity index (χ0n) is 14.0. The molecule has 22 heavy (non-hydrogen) atoms. The van der Waals surface area contributed by atoms with Gasteiger partial charge in [-0.3, -0.25) is 4.79 Å². The number of benzene rings is 1. The van der Waals surface area contributed by atoms with Crippen LogP contribution in [0.2, 0.25) is 0 Å². The number of rotatable bonds is 5. The van der Waals surface area contributed by atoms with Gasteiger partial charge in [-0.2, -0.15) is 0 Å². The van der Waals surface area contributed by atoms with Gasteiger partial charge in [0.15, 0.2) is 11.5 Å². The molecule has 0 saturated heterocycles. The van der Waals surface area contributed by atoms with Crippen LogP contribution in [-0.4, -0.2) is 25.7 Å². The SMILES string of the molecule is CCOc1cc(C(=O)NC2CCCC(C)C2C)ccc1OC. The van der Waals surface area contributed by atoms with Crippen LogP contribution in [0.15, 0.2) is 18.2 Å². The number of carbonyl (C=O) groups is 1. The minimum atomic E-state index is -0.0328. The van der Waals surface area contributed by atoms with Gasteiger partial charge in [-0.1, -0.05) is 26.7 Å². The molecule has 122 valence electrons. The third kappa shape index (κ3) is 3.73. The zero-order valence-corrected chi connectivity index (χ0v) is 14.0. The number of hydrogen-bond acceptors (Lipinski definition) is 3. The molecule has 3 unspecified atom stereocenters. The molecule has 1 amide bonds. The first-order chi connectivity index (χ1) is 10.6. The average molecular weight is 305 g/mol. The quantitative estimate of drug-likeness (QED) is 0.903. The van der Waals surface area contributed by atoms with E-state index < -0.39 is 0 Å². The van der Waals surface area contributed by atoms with Crippen molar-refractivity contribution >= 4 is 5.91 Å². The smallest absolute Gasteiger partial charge is 0.251 e. The van der Waals surface area contributed by atoms with Crippen LogP contribution in [0.1, 0.15) is 50.4 Å². The lowest BCUT2D eigenvalue weighted by Crippen LogP contribution is -2.43. The van der Waals surface area contributed by atoms with E-state index in [9.17, 15) is 4.79 Å². The van der Waals surface area contributed by atoms with Gasteiger partial charge in [-0.25, -0.2) is 0 Å². The van der Waals surface area contributed by atoms with Crippen LogP contribution in [0, 0.1) is 11.8 Å². The molecule has 1 fully saturated rings. The lowest BCUT2D eigenvalue weighted by molar-refractivity contribution is 0.0890. The van der Waals surface area contributed by atoms with Gasteiger partial charge in [0.2, 0.25) is 0 Å². The number of nitrogens with one attached hydrogen (secondary N) is 1. The molecule has 0 spiro atoms. The van der Waals surface area contributed by atoms with Crippen molar-refractivity contribution in [3.63, 3.8) is 0 Å². The summed E-state index contributed by atoms with van der Waals surface area (Å²) in [5.74, 6) is 2.41. The van der Waals surface area contributed by atoms with E-state index in [1.54, 1.807) is 25.3 Å². The minimum Gasteiger partial charge on any atom is -0.493 e. The maximum absolute atomic E-state index is 12.5. The third-order valence-corrected chi connectivity index (χ3v) is 4.75. The minimum absolute atomic E-state index is 0.0328. The molecule has 4 nitrogen and oxygen atoms in total. The largest absolute Gasteiger partial charge is 0.493 e. The van der Waals surface area contributed by atoms with Crippen molar-refractivity contribution in [2.75, 3.05) is 13.7 Å². The lowest BCUT2D eigenvalue weighted by atomic mass is 9.78. The fraction of sp³-hybridized carbons (Fsp3) is 0.611. The van der Waals surface area contributed by atoms with Gasteiger partial charge >= 0.3 is 0 Å². The van der Waals surface area contributed by atoms with E-state index in [2.05, 4.69) is 19.2 Å². The van der Waals surface area contributed by atoms with Crippen LogP contribution in [0.5, 0.6) is 11.5 Å². The Kier molecular flexibility index (Phi) is 5.69. The predicted molar refractivity (Wildman–Crippen MR) is 87.6 cm³/mol. The summed E-state index contributed by atoms with van der Waals surface area (Å²) in [6, 6.07) is 5.59. The summed E-state index contributed by atoms with van der Waals surface area (Å²) >= 11 is 0. The Labute approximate surface area is 133 Å². The molecule has 1 aromatic carbocycles. The van der Waals surface area contributed by atoms with Gasteiger partial charge < -0.3 is 14.8 Å². The van der Waals surface area contributed by atoms with Crippen molar-refractivity contribution in [2.45, 2.75) is 46.1 Å². The maximum Gasteiger partial charge on any atom is 0.251 e. The van der Waals surface area contributed by atoms with E-state index in [1.165, 1.54) is 12.8 Å². The van der Waals surface area contributed by atoms with Crippen molar-refractivity contribution in [2.24, 2.45) is 11.8 Å². The lowest BCUT2D eigenvalue weighted by Gasteiger charge is -2.34. The van der Waals surface area contributed by atoms with Gasteiger partial charge in [0.05, 0.1) is 13.7 Å². The molecule has 1 saturated carbocycles. The first kappa shape index (κ1) is 16.7. The number of amides is 1. The fourth-order valence-electron chi connectivity index (χ4n) is 3.12. The Morgan fingerprint density at radius 1 is 1.27 bits per heavy atom. The molecule has 0 bridgehead atoms. The molecule has 1 N–H and O–H groups in total. The Bertz CT molecular complexity index is 515. The Hall–Kier alpha value is -1.71. The molecule has 2 rings (SSSR count). The molecule has 0 aromatic heterocycles. The molecule has 1 aliphatic carbocycles. The Balaban J connectivity index is 2.10. The van der Waals surface area contributed by atoms with E-state index >= 15 is 0 Å². The summed E-state index contributed by atoms with van der Waals surface area (Å²) in [4.78, 5) is 12.5. The summed E-state index contributed by atoms with van der Waals surface area (Å²) in [6.45, 7) is 6.95. The standard InChI is InChI=1S/C18H27NO3/c1-5-22-17-11-14(9-10-16(17)21-4)18(20)19-15-8-6-7-12(2)13(15)3/h9-13,15H,5-8H2,1-4H3,(H,19,20). The highest BCUT2D eigenvalue weighted by Crippen LogP contribution is 2.31. The van der Waals surface area contributed by atoms with E-state index in [0.717, 1.165) is 6.42 Å². The van der Waals surface area contributed by atoms with Gasteiger partial charge in [0, 0.05) is 11.6 Å². The van der Waals surface area contributed by atoms with Crippen molar-refractivity contribution in [1.29, 1.82) is 0 Å². The number of methoxy groups -OCH3 is 1. The van der Waals surface area contributed by atoms with E-state index in [-0.39, 0.29) is 11.9 Å². The summed E-state index contributed by atoms with van der Waals surface area (Å²) in [5, 5.41) is 3.19. The number of hydrogen-bond donors (Lipinski definition) is 1. The highest BCUT2D eigenvalue weighted by atomic mass is 16.5. The van der Waals surface area contributed by atoms with Crippen LogP contribution in [0.25, 0.3) is 0 Å². The summed E-state index contributed by atoms with van der Waals surface area (Å²) in [6.07, 6.45) is 3.50. The van der Waals surface area contributed by atoms with E-state index in [4.69, 9.17) is 9.47 Å². The van der Waals surface area contributed by atoms with Gasteiger partial charge in [0.1, 0.15) is 0 Å². The Morgan fingerprint density at radius 3 is 2.73 bits per heavy atom. The van der Waals surface area contributed by atoms with Gasteiger partial charge in [-0.15, -0.1) is 0 Å². The third-order valence-electron chi connectivity index (χ3n) is 4.75. The molecule has 4 heteroatoms. The van der Waals surface area contributed by atoms with Crippen molar-refractivity contribution in [3.05, 3.63) is 23.8 Å². The van der Waals surface area contributed by atoms with Crippen molar-refractivity contribution in [1.82, 2.24) is 5.32 Å². The average Bonchev–Trinajstić information content (AvgIpc) is 2.52. The summed E-state index contributed by atoms with van der Waals surface area (Å²) < 4.78 is 10.8. The molecule has 1 aromatic rings. The van der Waals surface area contributed by atoms with Crippen LogP contribution in [0.4, 0.5) is 0 Å². The second kappa shape index (κ2) is 7.52. The second-order valence-corrected chi connectivity index (χ2v) is 6.15. The molecule has 0 radical (unpaired) electrons.